The molecule has 3 N–H and O–H groups in total. The lowest BCUT2D eigenvalue weighted by molar-refractivity contribution is -0.120. The van der Waals surface area contributed by atoms with E-state index in [2.05, 4.69) is 17.4 Å². The van der Waals surface area contributed by atoms with E-state index in [1.54, 1.807) is 12.1 Å². The second-order valence-corrected chi connectivity index (χ2v) is 8.78. The van der Waals surface area contributed by atoms with Gasteiger partial charge in [0.15, 0.2) is 0 Å². The lowest BCUT2D eigenvalue weighted by atomic mass is 9.88. The van der Waals surface area contributed by atoms with Gasteiger partial charge in [0.2, 0.25) is 15.9 Å². The molecule has 2 aromatic rings. The van der Waals surface area contributed by atoms with Gasteiger partial charge >= 0.3 is 0 Å². The number of amides is 1. The Labute approximate surface area is 159 Å². The zero-order valence-corrected chi connectivity index (χ0v) is 15.8. The van der Waals surface area contributed by atoms with Gasteiger partial charge in [0.1, 0.15) is 0 Å². The highest BCUT2D eigenvalue weighted by molar-refractivity contribution is 7.89. The van der Waals surface area contributed by atoms with Crippen LogP contribution in [0.2, 0.25) is 0 Å². The Kier molecular flexibility index (Phi) is 4.65. The van der Waals surface area contributed by atoms with E-state index in [4.69, 9.17) is 5.14 Å². The van der Waals surface area contributed by atoms with E-state index in [0.717, 1.165) is 30.5 Å². The lowest BCUT2D eigenvalue weighted by Gasteiger charge is -2.27. The summed E-state index contributed by atoms with van der Waals surface area (Å²) in [5.74, 6) is -0.0138. The summed E-state index contributed by atoms with van der Waals surface area (Å²) in [5, 5.41) is 8.38. The molecule has 0 spiro atoms. The van der Waals surface area contributed by atoms with Crippen molar-refractivity contribution in [1.29, 1.82) is 0 Å². The molecular weight excluding hydrogens is 362 g/mol. The monoisotopic (exact) mass is 385 g/mol. The number of carbonyl (C=O) groups is 1. The highest BCUT2D eigenvalue weighted by Gasteiger charge is 2.25. The summed E-state index contributed by atoms with van der Waals surface area (Å²) in [4.78, 5) is 14.8. The number of hydrogen-bond acceptors (Lipinski definition) is 4. The number of aryl methyl sites for hydroxylation is 1. The second kappa shape index (κ2) is 6.98. The van der Waals surface area contributed by atoms with Gasteiger partial charge in [-0.2, -0.15) is 0 Å². The highest BCUT2D eigenvalue weighted by atomic mass is 32.2. The molecule has 2 aliphatic rings. The van der Waals surface area contributed by atoms with Crippen LogP contribution in [0.3, 0.4) is 0 Å². The number of nitrogens with zero attached hydrogens (tertiary/aromatic N) is 1. The van der Waals surface area contributed by atoms with Gasteiger partial charge in [-0.05, 0) is 60.6 Å². The van der Waals surface area contributed by atoms with Crippen LogP contribution in [-0.4, -0.2) is 27.4 Å². The smallest absolute Gasteiger partial charge is 0.240 e. The maximum Gasteiger partial charge on any atom is 0.240 e. The van der Waals surface area contributed by atoms with Gasteiger partial charge in [0, 0.05) is 12.2 Å². The molecule has 1 heterocycles. The number of hydrogen-bond donors (Lipinski definition) is 2. The molecule has 6 nitrogen and oxygen atoms in total. The van der Waals surface area contributed by atoms with Crippen molar-refractivity contribution in [3.8, 4) is 0 Å². The molecule has 0 aromatic heterocycles. The molecule has 7 heteroatoms. The summed E-state index contributed by atoms with van der Waals surface area (Å²) in [6.45, 7) is 0.957. The molecule has 1 aliphatic heterocycles. The molecule has 27 heavy (non-hydrogen) atoms. The lowest BCUT2D eigenvalue weighted by Crippen LogP contribution is -2.39. The van der Waals surface area contributed by atoms with E-state index in [1.165, 1.54) is 17.2 Å². The summed E-state index contributed by atoms with van der Waals surface area (Å²) < 4.78 is 23.0. The number of nitrogens with two attached hydrogens (primary N) is 1. The van der Waals surface area contributed by atoms with Gasteiger partial charge in [-0.25, -0.2) is 13.6 Å². The van der Waals surface area contributed by atoms with Crippen molar-refractivity contribution in [1.82, 2.24) is 5.32 Å². The molecule has 2 aromatic carbocycles. The standard InChI is InChI=1S/C20H23N3O3S/c21-27(25,26)16-8-9-19-15(12-16)10-11-23(19)13-20(24)22-18-7-3-5-14-4-1-2-6-17(14)18/h1-2,4,6,8-9,12,18H,3,5,7,10-11,13H2,(H,22,24)(H2,21,25,26)/t18-/m0/s1. The zero-order valence-electron chi connectivity index (χ0n) is 15.0. The molecule has 142 valence electrons. The van der Waals surface area contributed by atoms with Crippen LogP contribution in [0, 0.1) is 0 Å². The third-order valence-corrected chi connectivity index (χ3v) is 6.32. The third kappa shape index (κ3) is 3.70. The molecule has 0 saturated carbocycles. The molecule has 1 aliphatic carbocycles. The Morgan fingerprint density at radius 3 is 2.78 bits per heavy atom. The van der Waals surface area contributed by atoms with Crippen LogP contribution < -0.4 is 15.4 Å². The van der Waals surface area contributed by atoms with Gasteiger partial charge in [-0.15, -0.1) is 0 Å². The average molecular weight is 385 g/mol. The minimum atomic E-state index is -3.71. The first-order valence-corrected chi connectivity index (χ1v) is 10.7. The van der Waals surface area contributed by atoms with Gasteiger partial charge in [0.05, 0.1) is 17.5 Å². The molecule has 4 rings (SSSR count). The van der Waals surface area contributed by atoms with Crippen molar-refractivity contribution in [3.05, 3.63) is 59.2 Å². The Hall–Kier alpha value is -2.38. The number of rotatable bonds is 4. The average Bonchev–Trinajstić information content (AvgIpc) is 3.03. The number of carbonyl (C=O) groups excluding carboxylic acids is 1. The summed E-state index contributed by atoms with van der Waals surface area (Å²) in [6.07, 6.45) is 3.80. The fourth-order valence-corrected chi connectivity index (χ4v) is 4.67. The molecule has 0 fully saturated rings. The van der Waals surface area contributed by atoms with Crippen molar-refractivity contribution < 1.29 is 13.2 Å². The van der Waals surface area contributed by atoms with E-state index in [9.17, 15) is 13.2 Å². The quantitative estimate of drug-likeness (QED) is 0.841. The summed E-state index contributed by atoms with van der Waals surface area (Å²) >= 11 is 0. The van der Waals surface area contributed by atoms with Crippen molar-refractivity contribution in [2.45, 2.75) is 36.6 Å². The number of anilines is 1. The van der Waals surface area contributed by atoms with Crippen LogP contribution in [0.4, 0.5) is 5.69 Å². The van der Waals surface area contributed by atoms with Gasteiger partial charge in [-0.3, -0.25) is 4.79 Å². The van der Waals surface area contributed by atoms with E-state index in [0.29, 0.717) is 13.0 Å². The number of fused-ring (bicyclic) bond motifs is 2. The molecule has 0 bridgehead atoms. The summed E-state index contributed by atoms with van der Waals surface area (Å²) in [7, 11) is -3.71. The van der Waals surface area contributed by atoms with Crippen LogP contribution in [-0.2, 0) is 27.7 Å². The van der Waals surface area contributed by atoms with Crippen molar-refractivity contribution >= 4 is 21.6 Å². The summed E-state index contributed by atoms with van der Waals surface area (Å²) in [6, 6.07) is 13.2. The molecular formula is C20H23N3O3S. The molecule has 0 unspecified atom stereocenters. The number of primary sulfonamides is 1. The largest absolute Gasteiger partial charge is 0.362 e. The Bertz CT molecular complexity index is 988. The predicted octanol–water partition coefficient (Wildman–Crippen LogP) is 1.89. The first-order valence-electron chi connectivity index (χ1n) is 9.19. The minimum Gasteiger partial charge on any atom is -0.362 e. The Morgan fingerprint density at radius 1 is 1.15 bits per heavy atom. The maximum atomic E-state index is 12.6. The fourth-order valence-electron chi connectivity index (χ4n) is 4.10. The van der Waals surface area contributed by atoms with Crippen LogP contribution in [0.1, 0.15) is 35.6 Å². The van der Waals surface area contributed by atoms with E-state index < -0.39 is 10.0 Å². The van der Waals surface area contributed by atoms with Crippen LogP contribution >= 0.6 is 0 Å². The van der Waals surface area contributed by atoms with Gasteiger partial charge in [0.25, 0.3) is 0 Å². The van der Waals surface area contributed by atoms with Crippen molar-refractivity contribution in [2.24, 2.45) is 5.14 Å². The second-order valence-electron chi connectivity index (χ2n) is 7.22. The van der Waals surface area contributed by atoms with Gasteiger partial charge in [-0.1, -0.05) is 24.3 Å². The molecule has 0 radical (unpaired) electrons. The van der Waals surface area contributed by atoms with E-state index in [-0.39, 0.29) is 23.4 Å². The summed E-state index contributed by atoms with van der Waals surface area (Å²) in [5.41, 5.74) is 4.35. The topological polar surface area (TPSA) is 92.5 Å². The van der Waals surface area contributed by atoms with E-state index in [1.807, 2.05) is 17.0 Å². The van der Waals surface area contributed by atoms with Crippen LogP contribution in [0.25, 0.3) is 0 Å². The fraction of sp³-hybridized carbons (Fsp3) is 0.350. The molecule has 1 atom stereocenters. The first-order chi connectivity index (χ1) is 12.9. The van der Waals surface area contributed by atoms with Gasteiger partial charge < -0.3 is 10.2 Å². The number of nitrogens with one attached hydrogen (secondary N) is 1. The Morgan fingerprint density at radius 2 is 1.96 bits per heavy atom. The Balaban J connectivity index is 1.45. The minimum absolute atomic E-state index is 0.0138. The molecule has 1 amide bonds. The SMILES string of the molecule is NS(=O)(=O)c1ccc2c(c1)CCN2CC(=O)N[C@H]1CCCc2ccccc21. The normalized spacial score (nSPS) is 18.7. The van der Waals surface area contributed by atoms with E-state index >= 15 is 0 Å². The maximum absolute atomic E-state index is 12.6. The third-order valence-electron chi connectivity index (χ3n) is 5.41. The first kappa shape index (κ1) is 18.0. The van der Waals surface area contributed by atoms with Crippen molar-refractivity contribution in [2.75, 3.05) is 18.0 Å². The van der Waals surface area contributed by atoms with Crippen LogP contribution in [0.15, 0.2) is 47.4 Å². The van der Waals surface area contributed by atoms with Crippen molar-refractivity contribution in [3.63, 3.8) is 0 Å². The number of sulfonamides is 1. The zero-order chi connectivity index (χ0) is 19.0. The molecule has 0 saturated heterocycles. The van der Waals surface area contributed by atoms with Crippen LogP contribution in [0.5, 0.6) is 0 Å². The number of benzene rings is 2. The predicted molar refractivity (Wildman–Crippen MR) is 104 cm³/mol. The highest BCUT2D eigenvalue weighted by Crippen LogP contribution is 2.31.